The Morgan fingerprint density at radius 1 is 0.361 bits per heavy atom. The minimum atomic E-state index is 0.598. The topological polar surface area (TPSA) is 55.3 Å². The molecule has 12 rings (SSSR count). The predicted octanol–water partition coefficient (Wildman–Crippen LogP) is 15.6. The van der Waals surface area contributed by atoms with Gasteiger partial charge in [-0.2, -0.15) is 0 Å². The highest BCUT2D eigenvalue weighted by Gasteiger charge is 2.23. The highest BCUT2D eigenvalue weighted by atomic mass is 16.3. The molecule has 0 atom stereocenters. The highest BCUT2D eigenvalue weighted by molar-refractivity contribution is 6.20. The van der Waals surface area contributed by atoms with Gasteiger partial charge in [0, 0.05) is 49.7 Å². The molecule has 0 unspecified atom stereocenters. The van der Waals surface area contributed by atoms with Gasteiger partial charge in [-0.05, 0) is 94.4 Å². The van der Waals surface area contributed by atoms with E-state index in [9.17, 15) is 0 Å². The van der Waals surface area contributed by atoms with Crippen molar-refractivity contribution in [1.29, 1.82) is 0 Å². The lowest BCUT2D eigenvalue weighted by atomic mass is 9.96. The van der Waals surface area contributed by atoms with Gasteiger partial charge in [0.05, 0.1) is 0 Å². The highest BCUT2D eigenvalue weighted by Crippen LogP contribution is 2.44. The third-order valence-electron chi connectivity index (χ3n) is 11.7. The molecule has 0 bridgehead atoms. The van der Waals surface area contributed by atoms with Crippen molar-refractivity contribution in [3.63, 3.8) is 0 Å². The second-order valence-corrected chi connectivity index (χ2v) is 15.3. The summed E-state index contributed by atoms with van der Waals surface area (Å²) in [5.41, 5.74) is 13.9. The maximum atomic E-state index is 6.93. The van der Waals surface area contributed by atoms with E-state index < -0.39 is 0 Å². The fourth-order valence-electron chi connectivity index (χ4n) is 8.76. The lowest BCUT2D eigenvalue weighted by Crippen LogP contribution is -2.09. The average molecular weight is 782 g/mol. The van der Waals surface area contributed by atoms with E-state index in [4.69, 9.17) is 18.8 Å². The quantitative estimate of drug-likeness (QED) is 0.161. The lowest BCUT2D eigenvalue weighted by Gasteiger charge is -2.26. The van der Waals surface area contributed by atoms with Crippen molar-refractivity contribution in [2.24, 2.45) is 0 Å². The summed E-state index contributed by atoms with van der Waals surface area (Å²) in [5.74, 6) is 0.598. The number of furan rings is 2. The number of nitrogens with zero attached hydrogens (tertiary/aromatic N) is 3. The summed E-state index contributed by atoms with van der Waals surface area (Å²) in [4.78, 5) is 13.0. The first kappa shape index (κ1) is 34.7. The maximum Gasteiger partial charge on any atom is 0.180 e. The number of rotatable bonds is 7. The molecule has 0 saturated heterocycles. The monoisotopic (exact) mass is 781 g/mol. The maximum absolute atomic E-state index is 6.93. The van der Waals surface area contributed by atoms with Crippen molar-refractivity contribution in [2.75, 3.05) is 4.90 Å². The molecule has 5 nitrogen and oxygen atoms in total. The van der Waals surface area contributed by atoms with Gasteiger partial charge >= 0.3 is 0 Å². The molecule has 0 N–H and O–H groups in total. The smallest absolute Gasteiger partial charge is 0.180 e. The van der Waals surface area contributed by atoms with E-state index in [1.165, 1.54) is 11.1 Å². The minimum absolute atomic E-state index is 0.598. The molecule has 9 aromatic carbocycles. The second-order valence-electron chi connectivity index (χ2n) is 15.3. The van der Waals surface area contributed by atoms with Gasteiger partial charge < -0.3 is 13.7 Å². The summed E-state index contributed by atoms with van der Waals surface area (Å²) in [7, 11) is 0. The van der Waals surface area contributed by atoms with E-state index >= 15 is 0 Å². The second kappa shape index (κ2) is 14.2. The zero-order chi connectivity index (χ0) is 40.3. The summed E-state index contributed by atoms with van der Waals surface area (Å²) >= 11 is 0. The van der Waals surface area contributed by atoms with Crippen molar-refractivity contribution < 1.29 is 8.83 Å². The Hall–Kier alpha value is -8.28. The van der Waals surface area contributed by atoms with Gasteiger partial charge in [0.15, 0.2) is 11.4 Å². The Morgan fingerprint density at radius 3 is 1.79 bits per heavy atom. The van der Waals surface area contributed by atoms with Crippen molar-refractivity contribution in [1.82, 2.24) is 9.97 Å². The molecule has 0 amide bonds. The molecule has 0 saturated carbocycles. The molecule has 0 aliphatic rings. The molecule has 0 fully saturated rings. The normalized spacial score (nSPS) is 11.6. The van der Waals surface area contributed by atoms with Gasteiger partial charge in [-0.3, -0.25) is 0 Å². The Bertz CT molecular complexity index is 3580. The molecule has 0 aliphatic heterocycles. The summed E-state index contributed by atoms with van der Waals surface area (Å²) in [5, 5.41) is 5.11. The van der Waals surface area contributed by atoms with Crippen LogP contribution in [-0.4, -0.2) is 9.97 Å². The van der Waals surface area contributed by atoms with E-state index in [0.29, 0.717) is 11.4 Å². The summed E-state index contributed by atoms with van der Waals surface area (Å²) in [6.45, 7) is 0. The average Bonchev–Trinajstić information content (AvgIpc) is 3.91. The molecule has 286 valence electrons. The number of anilines is 3. The predicted molar refractivity (Wildman–Crippen MR) is 251 cm³/mol. The third kappa shape index (κ3) is 5.94. The SMILES string of the molecule is c1ccc(-c2ccc(N(c3ccccc3)c3cccc(-c4cc(-c5nc(-c6ccccc6)c6oc7ccccc7c6n5)c5c(c4)oc4c6ccccc6ccc45)c3)cc2)cc1. The minimum Gasteiger partial charge on any atom is -0.455 e. The van der Waals surface area contributed by atoms with Crippen molar-refractivity contribution >= 4 is 71.8 Å². The number of para-hydroxylation sites is 2. The van der Waals surface area contributed by atoms with Gasteiger partial charge in [-0.25, -0.2) is 9.97 Å². The zero-order valence-corrected chi connectivity index (χ0v) is 32.9. The number of hydrogen-bond acceptors (Lipinski definition) is 5. The van der Waals surface area contributed by atoms with Crippen LogP contribution < -0.4 is 4.90 Å². The van der Waals surface area contributed by atoms with Gasteiger partial charge in [-0.1, -0.05) is 146 Å². The van der Waals surface area contributed by atoms with E-state index in [1.54, 1.807) is 0 Å². The van der Waals surface area contributed by atoms with Crippen LogP contribution in [0.3, 0.4) is 0 Å². The van der Waals surface area contributed by atoms with Crippen LogP contribution in [0.15, 0.2) is 221 Å². The first-order valence-electron chi connectivity index (χ1n) is 20.5. The van der Waals surface area contributed by atoms with Crippen LogP contribution in [0.2, 0.25) is 0 Å². The molecule has 61 heavy (non-hydrogen) atoms. The molecular formula is C56H35N3O2. The Labute approximate surface area is 351 Å². The number of hydrogen-bond donors (Lipinski definition) is 0. The van der Waals surface area contributed by atoms with Crippen molar-refractivity contribution in [2.45, 2.75) is 0 Å². The van der Waals surface area contributed by atoms with E-state index in [1.807, 2.05) is 42.5 Å². The van der Waals surface area contributed by atoms with Crippen molar-refractivity contribution in [3.8, 4) is 44.9 Å². The molecule has 12 aromatic rings. The van der Waals surface area contributed by atoms with E-state index in [0.717, 1.165) is 94.2 Å². The first-order chi connectivity index (χ1) is 30.2. The molecular weight excluding hydrogens is 747 g/mol. The number of aromatic nitrogens is 2. The Balaban J connectivity index is 1.09. The van der Waals surface area contributed by atoms with Crippen LogP contribution in [0.25, 0.3) is 99.7 Å². The summed E-state index contributed by atoms with van der Waals surface area (Å²) in [6.07, 6.45) is 0. The van der Waals surface area contributed by atoms with Crippen LogP contribution in [0.5, 0.6) is 0 Å². The fourth-order valence-corrected chi connectivity index (χ4v) is 8.76. The lowest BCUT2D eigenvalue weighted by molar-refractivity contribution is 0.667. The summed E-state index contributed by atoms with van der Waals surface area (Å²) in [6, 6.07) is 73.9. The Morgan fingerprint density at radius 2 is 0.984 bits per heavy atom. The molecule has 0 spiro atoms. The van der Waals surface area contributed by atoms with Crippen LogP contribution >= 0.6 is 0 Å². The fraction of sp³-hybridized carbons (Fsp3) is 0. The Kier molecular flexibility index (Phi) is 8.10. The summed E-state index contributed by atoms with van der Waals surface area (Å²) < 4.78 is 13.4. The van der Waals surface area contributed by atoms with Crippen LogP contribution in [0.4, 0.5) is 17.1 Å². The molecule has 0 aliphatic carbocycles. The van der Waals surface area contributed by atoms with E-state index in [2.05, 4.69) is 175 Å². The van der Waals surface area contributed by atoms with Gasteiger partial charge in [0.1, 0.15) is 28.0 Å². The van der Waals surface area contributed by atoms with Gasteiger partial charge in [-0.15, -0.1) is 0 Å². The van der Waals surface area contributed by atoms with Crippen LogP contribution in [-0.2, 0) is 0 Å². The van der Waals surface area contributed by atoms with Crippen molar-refractivity contribution in [3.05, 3.63) is 212 Å². The largest absolute Gasteiger partial charge is 0.455 e. The number of benzene rings is 9. The van der Waals surface area contributed by atoms with Crippen LogP contribution in [0.1, 0.15) is 0 Å². The van der Waals surface area contributed by atoms with Crippen LogP contribution in [0, 0.1) is 0 Å². The van der Waals surface area contributed by atoms with Gasteiger partial charge in [0.25, 0.3) is 0 Å². The van der Waals surface area contributed by atoms with E-state index in [-0.39, 0.29) is 0 Å². The third-order valence-corrected chi connectivity index (χ3v) is 11.7. The number of fused-ring (bicyclic) bond motifs is 8. The molecule has 3 heterocycles. The molecule has 5 heteroatoms. The standard InChI is InChI=1S/C56H35N3O2/c1-4-15-36(16-5-1)37-27-30-43(31-28-37)59(42-21-8-3-9-22-42)44-23-14-20-40(33-44)41-34-48(51-47-32-29-38-17-10-11-24-45(38)54(47)61-50(51)35-41)56-57-52(39-18-6-2-7-19-39)55-53(58-56)46-25-12-13-26-49(46)60-55/h1-35H. The molecule has 3 aromatic heterocycles. The zero-order valence-electron chi connectivity index (χ0n) is 32.9. The van der Waals surface area contributed by atoms with Gasteiger partial charge in [0.2, 0.25) is 0 Å². The molecule has 0 radical (unpaired) electrons. The first-order valence-corrected chi connectivity index (χ1v) is 20.5.